The highest BCUT2D eigenvalue weighted by molar-refractivity contribution is 7.13. The smallest absolute Gasteiger partial charge is 0.257 e. The summed E-state index contributed by atoms with van der Waals surface area (Å²) in [5, 5.41) is 1.95. The molecule has 0 saturated heterocycles. The van der Waals surface area contributed by atoms with Crippen LogP contribution in [0, 0.1) is 0 Å². The van der Waals surface area contributed by atoms with E-state index in [1.807, 2.05) is 17.5 Å². The van der Waals surface area contributed by atoms with E-state index in [1.54, 1.807) is 16.2 Å². The molecule has 0 aromatic carbocycles. The summed E-state index contributed by atoms with van der Waals surface area (Å²) >= 11 is 1.54. The van der Waals surface area contributed by atoms with Crippen LogP contribution in [0.1, 0.15) is 21.7 Å². The molecule has 0 radical (unpaired) electrons. The van der Waals surface area contributed by atoms with Crippen molar-refractivity contribution >= 4 is 17.2 Å². The molecule has 0 fully saturated rings. The van der Waals surface area contributed by atoms with Crippen molar-refractivity contribution in [1.29, 1.82) is 0 Å². The number of carbonyl (C=O) groups excluding carboxylic acids is 1. The van der Waals surface area contributed by atoms with Crippen LogP contribution in [0.5, 0.6) is 0 Å². The molecule has 26 heavy (non-hydrogen) atoms. The predicted molar refractivity (Wildman–Crippen MR) is 91.9 cm³/mol. The van der Waals surface area contributed by atoms with Crippen molar-refractivity contribution in [3.8, 4) is 10.7 Å². The number of hydrogen-bond acceptors (Lipinski definition) is 8. The molecule has 0 bridgehead atoms. The van der Waals surface area contributed by atoms with Crippen molar-refractivity contribution in [2.45, 2.75) is 13.1 Å². The van der Waals surface area contributed by atoms with Gasteiger partial charge in [0.1, 0.15) is 12.5 Å². The Morgan fingerprint density at radius 1 is 1.00 bits per heavy atom. The van der Waals surface area contributed by atoms with Crippen molar-refractivity contribution < 1.29 is 13.6 Å². The van der Waals surface area contributed by atoms with Gasteiger partial charge in [0.15, 0.2) is 18.6 Å². The minimum absolute atomic E-state index is 0.228. The summed E-state index contributed by atoms with van der Waals surface area (Å²) in [6, 6.07) is 3.86. The molecule has 0 atom stereocenters. The third-order valence-electron chi connectivity index (χ3n) is 3.60. The first-order valence-corrected chi connectivity index (χ1v) is 8.57. The number of carbonyl (C=O) groups is 1. The highest BCUT2D eigenvalue weighted by Gasteiger charge is 2.20. The van der Waals surface area contributed by atoms with Crippen LogP contribution in [0.2, 0.25) is 0 Å². The monoisotopic (exact) mass is 367 g/mol. The van der Waals surface area contributed by atoms with Crippen molar-refractivity contribution in [2.75, 3.05) is 0 Å². The number of rotatable bonds is 6. The molecule has 0 unspecified atom stereocenters. The average Bonchev–Trinajstić information content (AvgIpc) is 3.43. The molecule has 0 aliphatic heterocycles. The highest BCUT2D eigenvalue weighted by atomic mass is 32.1. The molecule has 1 amide bonds. The van der Waals surface area contributed by atoms with E-state index < -0.39 is 0 Å². The lowest BCUT2D eigenvalue weighted by Crippen LogP contribution is -2.30. The Kier molecular flexibility index (Phi) is 4.52. The summed E-state index contributed by atoms with van der Waals surface area (Å²) < 4.78 is 9.97. The maximum Gasteiger partial charge on any atom is 0.257 e. The van der Waals surface area contributed by atoms with Gasteiger partial charge < -0.3 is 13.7 Å². The lowest BCUT2D eigenvalue weighted by molar-refractivity contribution is 0.0725. The largest absolute Gasteiger partial charge is 0.451 e. The molecule has 0 aliphatic rings. The van der Waals surface area contributed by atoms with Crippen LogP contribution in [-0.2, 0) is 13.1 Å². The van der Waals surface area contributed by atoms with Crippen LogP contribution in [0.25, 0.3) is 10.7 Å². The first-order valence-electron chi connectivity index (χ1n) is 7.69. The van der Waals surface area contributed by atoms with Gasteiger partial charge in [-0.25, -0.2) is 19.9 Å². The number of amides is 1. The van der Waals surface area contributed by atoms with Gasteiger partial charge in [-0.05, 0) is 11.4 Å². The second-order valence-corrected chi connectivity index (χ2v) is 6.34. The standard InChI is InChI=1S/C17H13N5O3S/c23-17(12-4-18-16(19-5-12)15-2-1-3-26-15)22(6-13-8-24-10-20-13)7-14-9-25-11-21-14/h1-5,8-11H,6-7H2. The Hall–Kier alpha value is -3.33. The maximum atomic E-state index is 12.9. The fraction of sp³-hybridized carbons (Fsp3) is 0.118. The quantitative estimate of drug-likeness (QED) is 0.516. The SMILES string of the molecule is O=C(c1cnc(-c2cccs2)nc1)N(Cc1cocn1)Cc1cocn1. The van der Waals surface area contributed by atoms with Crippen LogP contribution >= 0.6 is 11.3 Å². The zero-order valence-corrected chi connectivity index (χ0v) is 14.3. The average molecular weight is 367 g/mol. The molecular formula is C17H13N5O3S. The highest BCUT2D eigenvalue weighted by Crippen LogP contribution is 2.20. The van der Waals surface area contributed by atoms with Crippen LogP contribution in [0.3, 0.4) is 0 Å². The van der Waals surface area contributed by atoms with E-state index in [4.69, 9.17) is 8.83 Å². The van der Waals surface area contributed by atoms with E-state index in [2.05, 4.69) is 19.9 Å². The number of thiophene rings is 1. The Balaban J connectivity index is 1.56. The minimum Gasteiger partial charge on any atom is -0.451 e. The number of aromatic nitrogens is 4. The van der Waals surface area contributed by atoms with E-state index >= 15 is 0 Å². The first kappa shape index (κ1) is 16.2. The summed E-state index contributed by atoms with van der Waals surface area (Å²) in [7, 11) is 0. The molecular weight excluding hydrogens is 354 g/mol. The number of oxazole rings is 2. The van der Waals surface area contributed by atoms with Gasteiger partial charge in [0.25, 0.3) is 5.91 Å². The van der Waals surface area contributed by atoms with Gasteiger partial charge in [-0.1, -0.05) is 6.07 Å². The minimum atomic E-state index is -0.228. The van der Waals surface area contributed by atoms with Crippen LogP contribution in [0.15, 0.2) is 64.1 Å². The van der Waals surface area contributed by atoms with Gasteiger partial charge in [0.05, 0.1) is 34.9 Å². The molecule has 8 nitrogen and oxygen atoms in total. The van der Waals surface area contributed by atoms with Crippen molar-refractivity contribution in [3.05, 3.63) is 72.2 Å². The molecule has 130 valence electrons. The van der Waals surface area contributed by atoms with E-state index in [-0.39, 0.29) is 19.0 Å². The maximum absolute atomic E-state index is 12.9. The molecule has 4 aromatic rings. The lowest BCUT2D eigenvalue weighted by atomic mass is 10.2. The van der Waals surface area contributed by atoms with Crippen molar-refractivity contribution in [2.24, 2.45) is 0 Å². The molecule has 0 saturated carbocycles. The Morgan fingerprint density at radius 2 is 1.65 bits per heavy atom. The molecule has 0 spiro atoms. The van der Waals surface area contributed by atoms with Crippen molar-refractivity contribution in [3.63, 3.8) is 0 Å². The predicted octanol–water partition coefficient (Wildman–Crippen LogP) is 3.02. The zero-order chi connectivity index (χ0) is 17.8. The fourth-order valence-corrected chi connectivity index (χ4v) is 3.05. The normalized spacial score (nSPS) is 10.8. The first-order chi connectivity index (χ1) is 12.8. The van der Waals surface area contributed by atoms with Gasteiger partial charge in [-0.2, -0.15) is 0 Å². The second kappa shape index (κ2) is 7.28. The number of hydrogen-bond donors (Lipinski definition) is 0. The molecule has 9 heteroatoms. The summed E-state index contributed by atoms with van der Waals surface area (Å²) in [6.07, 6.45) is 8.71. The van der Waals surface area contributed by atoms with E-state index in [0.717, 1.165) is 4.88 Å². The van der Waals surface area contributed by atoms with Crippen LogP contribution in [-0.4, -0.2) is 30.7 Å². The van der Waals surface area contributed by atoms with Crippen molar-refractivity contribution in [1.82, 2.24) is 24.8 Å². The lowest BCUT2D eigenvalue weighted by Gasteiger charge is -2.20. The second-order valence-electron chi connectivity index (χ2n) is 5.39. The molecule has 4 aromatic heterocycles. The van der Waals surface area contributed by atoms with Crippen LogP contribution < -0.4 is 0 Å². The van der Waals surface area contributed by atoms with Gasteiger partial charge in [-0.15, -0.1) is 11.3 Å². The molecule has 4 heterocycles. The van der Waals surface area contributed by atoms with Gasteiger partial charge >= 0.3 is 0 Å². The fourth-order valence-electron chi connectivity index (χ4n) is 2.38. The Labute approximate surface area is 152 Å². The molecule has 4 rings (SSSR count). The van der Waals surface area contributed by atoms with Gasteiger partial charge in [0.2, 0.25) is 0 Å². The van der Waals surface area contributed by atoms with E-state index in [0.29, 0.717) is 22.8 Å². The Morgan fingerprint density at radius 3 is 2.15 bits per heavy atom. The summed E-state index contributed by atoms with van der Waals surface area (Å²) in [4.78, 5) is 32.2. The van der Waals surface area contributed by atoms with Crippen LogP contribution in [0.4, 0.5) is 0 Å². The van der Waals surface area contributed by atoms with E-state index in [1.165, 1.54) is 37.7 Å². The summed E-state index contributed by atoms with van der Waals surface area (Å²) in [6.45, 7) is 0.545. The third kappa shape index (κ3) is 3.52. The summed E-state index contributed by atoms with van der Waals surface area (Å²) in [5.74, 6) is 0.366. The third-order valence-corrected chi connectivity index (χ3v) is 4.47. The van der Waals surface area contributed by atoms with Gasteiger partial charge in [0, 0.05) is 12.4 Å². The Bertz CT molecular complexity index is 914. The molecule has 0 N–H and O–H groups in total. The molecule has 0 aliphatic carbocycles. The topological polar surface area (TPSA) is 98.2 Å². The van der Waals surface area contributed by atoms with Gasteiger partial charge in [-0.3, -0.25) is 4.79 Å². The van der Waals surface area contributed by atoms with E-state index in [9.17, 15) is 4.79 Å². The zero-order valence-electron chi connectivity index (χ0n) is 13.5. The summed E-state index contributed by atoms with van der Waals surface area (Å²) in [5.41, 5.74) is 1.66. The number of nitrogens with zero attached hydrogens (tertiary/aromatic N) is 5.